The maximum Gasteiger partial charge on any atom is 0.266 e. The number of nitrogens with zero attached hydrogens (tertiary/aromatic N) is 4. The zero-order valence-corrected chi connectivity index (χ0v) is 16.1. The van der Waals surface area contributed by atoms with Crippen molar-refractivity contribution in [3.63, 3.8) is 0 Å². The maximum absolute atomic E-state index is 12.3. The molecule has 2 aromatic heterocycles. The summed E-state index contributed by atoms with van der Waals surface area (Å²) in [6, 6.07) is 7.24. The summed E-state index contributed by atoms with van der Waals surface area (Å²) in [5.41, 5.74) is 1.91. The van der Waals surface area contributed by atoms with Gasteiger partial charge in [0.25, 0.3) is 5.56 Å². The van der Waals surface area contributed by atoms with Gasteiger partial charge in [0.05, 0.1) is 12.2 Å². The van der Waals surface area contributed by atoms with E-state index in [2.05, 4.69) is 30.8 Å². The van der Waals surface area contributed by atoms with Crippen LogP contribution in [0.4, 0.5) is 0 Å². The Balaban J connectivity index is 1.78. The highest BCUT2D eigenvalue weighted by molar-refractivity contribution is 5.12. The normalized spacial score (nSPS) is 18.4. The lowest BCUT2D eigenvalue weighted by atomic mass is 9.92. The molecular formula is C20H28N4O2. The predicted molar refractivity (Wildman–Crippen MR) is 102 cm³/mol. The van der Waals surface area contributed by atoms with Gasteiger partial charge >= 0.3 is 0 Å². The third-order valence-corrected chi connectivity index (χ3v) is 5.05. The number of pyridine rings is 1. The predicted octanol–water partition coefficient (Wildman–Crippen LogP) is 1.90. The van der Waals surface area contributed by atoms with Gasteiger partial charge in [0.2, 0.25) is 5.56 Å². The van der Waals surface area contributed by atoms with Gasteiger partial charge in [-0.3, -0.25) is 14.5 Å². The molecule has 6 heteroatoms. The lowest BCUT2D eigenvalue weighted by Crippen LogP contribution is -2.37. The molecule has 1 aliphatic rings. The highest BCUT2D eigenvalue weighted by Crippen LogP contribution is 2.22. The van der Waals surface area contributed by atoms with Crippen molar-refractivity contribution in [2.75, 3.05) is 6.54 Å². The van der Waals surface area contributed by atoms with Crippen molar-refractivity contribution >= 4 is 0 Å². The Kier molecular flexibility index (Phi) is 5.14. The summed E-state index contributed by atoms with van der Waals surface area (Å²) in [4.78, 5) is 26.2. The second-order valence-corrected chi connectivity index (χ2v) is 8.24. The summed E-state index contributed by atoms with van der Waals surface area (Å²) in [6.07, 6.45) is 4.06. The van der Waals surface area contributed by atoms with Gasteiger partial charge in [0.1, 0.15) is 0 Å². The van der Waals surface area contributed by atoms with Crippen molar-refractivity contribution in [2.24, 2.45) is 7.05 Å². The molecule has 1 fully saturated rings. The molecule has 1 aliphatic heterocycles. The third kappa shape index (κ3) is 4.12. The smallest absolute Gasteiger partial charge is 0.266 e. The molecule has 26 heavy (non-hydrogen) atoms. The Labute approximate surface area is 154 Å². The van der Waals surface area contributed by atoms with Crippen LogP contribution in [0.2, 0.25) is 0 Å². The molecule has 0 amide bonds. The molecule has 0 aliphatic carbocycles. The number of aryl methyl sites for hydroxylation is 1. The van der Waals surface area contributed by atoms with E-state index >= 15 is 0 Å². The van der Waals surface area contributed by atoms with Crippen LogP contribution < -0.4 is 11.1 Å². The standard InChI is InChI=1S/C20H28N4O2/c1-20(2,3)17-8-10-19(26)24(21-17)14-16-6-5-11-23(16)13-15-7-9-18(25)22(4)12-15/h7-10,12,16H,5-6,11,13-14H2,1-4H3. The summed E-state index contributed by atoms with van der Waals surface area (Å²) < 4.78 is 3.23. The number of rotatable bonds is 4. The lowest BCUT2D eigenvalue weighted by molar-refractivity contribution is 0.215. The first kappa shape index (κ1) is 18.6. The second-order valence-electron chi connectivity index (χ2n) is 8.24. The van der Waals surface area contributed by atoms with E-state index in [0.717, 1.165) is 37.2 Å². The summed E-state index contributed by atoms with van der Waals surface area (Å²) >= 11 is 0. The molecule has 140 valence electrons. The fourth-order valence-corrected chi connectivity index (χ4v) is 3.47. The Bertz CT molecular complexity index is 892. The van der Waals surface area contributed by atoms with E-state index in [1.807, 2.05) is 18.3 Å². The fraction of sp³-hybridized carbons (Fsp3) is 0.550. The van der Waals surface area contributed by atoms with Crippen LogP contribution in [0, 0.1) is 0 Å². The average molecular weight is 356 g/mol. The molecule has 1 unspecified atom stereocenters. The molecule has 6 nitrogen and oxygen atoms in total. The summed E-state index contributed by atoms with van der Waals surface area (Å²) in [5, 5.41) is 4.61. The van der Waals surface area contributed by atoms with E-state index in [0.29, 0.717) is 6.54 Å². The quantitative estimate of drug-likeness (QED) is 0.840. The van der Waals surface area contributed by atoms with Crippen LogP contribution >= 0.6 is 0 Å². The molecule has 0 saturated carbocycles. The fourth-order valence-electron chi connectivity index (χ4n) is 3.47. The maximum atomic E-state index is 12.3. The third-order valence-electron chi connectivity index (χ3n) is 5.05. The molecule has 0 spiro atoms. The van der Waals surface area contributed by atoms with Crippen molar-refractivity contribution < 1.29 is 0 Å². The highest BCUT2D eigenvalue weighted by atomic mass is 16.1. The zero-order valence-electron chi connectivity index (χ0n) is 16.1. The van der Waals surface area contributed by atoms with Gasteiger partial charge in [-0.2, -0.15) is 5.10 Å². The van der Waals surface area contributed by atoms with Crippen molar-refractivity contribution in [2.45, 2.75) is 58.2 Å². The van der Waals surface area contributed by atoms with Crippen LogP contribution in [-0.2, 0) is 25.6 Å². The first-order chi connectivity index (χ1) is 12.2. The van der Waals surface area contributed by atoms with Gasteiger partial charge in [-0.05, 0) is 31.0 Å². The monoisotopic (exact) mass is 356 g/mol. The first-order valence-corrected chi connectivity index (χ1v) is 9.22. The summed E-state index contributed by atoms with van der Waals surface area (Å²) in [6.45, 7) is 8.70. The van der Waals surface area contributed by atoms with Crippen LogP contribution in [0.5, 0.6) is 0 Å². The van der Waals surface area contributed by atoms with Gasteiger partial charge in [-0.15, -0.1) is 0 Å². The van der Waals surface area contributed by atoms with Crippen LogP contribution in [0.25, 0.3) is 0 Å². The number of aromatic nitrogens is 3. The largest absolute Gasteiger partial charge is 0.318 e. The van der Waals surface area contributed by atoms with Crippen molar-refractivity contribution in [1.82, 2.24) is 19.2 Å². The van der Waals surface area contributed by atoms with Gasteiger partial charge < -0.3 is 4.57 Å². The van der Waals surface area contributed by atoms with Gasteiger partial charge in [-0.25, -0.2) is 4.68 Å². The Morgan fingerprint density at radius 2 is 1.85 bits per heavy atom. The molecule has 0 radical (unpaired) electrons. The molecule has 0 N–H and O–H groups in total. The van der Waals surface area contributed by atoms with Gasteiger partial charge in [-0.1, -0.05) is 26.8 Å². The Hall–Kier alpha value is -2.21. The van der Waals surface area contributed by atoms with E-state index in [4.69, 9.17) is 0 Å². The van der Waals surface area contributed by atoms with Gasteiger partial charge in [0, 0.05) is 43.4 Å². The van der Waals surface area contributed by atoms with E-state index in [1.54, 1.807) is 28.4 Å². The molecule has 3 heterocycles. The van der Waals surface area contributed by atoms with Crippen molar-refractivity contribution in [1.29, 1.82) is 0 Å². The number of hydrogen-bond acceptors (Lipinski definition) is 4. The summed E-state index contributed by atoms with van der Waals surface area (Å²) in [5.74, 6) is 0. The lowest BCUT2D eigenvalue weighted by Gasteiger charge is -2.25. The van der Waals surface area contributed by atoms with E-state index in [-0.39, 0.29) is 22.6 Å². The average Bonchev–Trinajstić information content (AvgIpc) is 2.99. The van der Waals surface area contributed by atoms with Crippen LogP contribution in [0.1, 0.15) is 44.9 Å². The Morgan fingerprint density at radius 1 is 1.12 bits per heavy atom. The Morgan fingerprint density at radius 3 is 2.54 bits per heavy atom. The highest BCUT2D eigenvalue weighted by Gasteiger charge is 2.26. The topological polar surface area (TPSA) is 60.1 Å². The number of likely N-dealkylation sites (tertiary alicyclic amines) is 1. The van der Waals surface area contributed by atoms with Crippen LogP contribution in [-0.4, -0.2) is 31.8 Å². The minimum Gasteiger partial charge on any atom is -0.318 e. The molecule has 0 aromatic carbocycles. The zero-order chi connectivity index (χ0) is 18.9. The van der Waals surface area contributed by atoms with Crippen molar-refractivity contribution in [3.8, 4) is 0 Å². The number of hydrogen-bond donors (Lipinski definition) is 0. The molecule has 1 atom stereocenters. The van der Waals surface area contributed by atoms with Crippen LogP contribution in [0.3, 0.4) is 0 Å². The molecule has 2 aromatic rings. The minimum atomic E-state index is -0.0837. The minimum absolute atomic E-state index is 0.00136. The second kappa shape index (κ2) is 7.19. The van der Waals surface area contributed by atoms with E-state index in [9.17, 15) is 9.59 Å². The first-order valence-electron chi connectivity index (χ1n) is 9.22. The van der Waals surface area contributed by atoms with Crippen LogP contribution in [0.15, 0.2) is 40.1 Å². The van der Waals surface area contributed by atoms with E-state index in [1.165, 1.54) is 0 Å². The summed E-state index contributed by atoms with van der Waals surface area (Å²) in [7, 11) is 1.77. The molecule has 3 rings (SSSR count). The van der Waals surface area contributed by atoms with Crippen molar-refractivity contribution in [3.05, 3.63) is 62.4 Å². The SMILES string of the molecule is Cn1cc(CN2CCCC2Cn2nc(C(C)(C)C)ccc2=O)ccc1=O. The molecule has 1 saturated heterocycles. The molecule has 0 bridgehead atoms. The molecular weight excluding hydrogens is 328 g/mol. The van der Waals surface area contributed by atoms with E-state index < -0.39 is 0 Å². The van der Waals surface area contributed by atoms with Gasteiger partial charge in [0.15, 0.2) is 0 Å².